The topological polar surface area (TPSA) is 7.65 Å². The van der Waals surface area contributed by atoms with Gasteiger partial charge >= 0.3 is 0 Å². The van der Waals surface area contributed by atoms with E-state index in [0.717, 1.165) is 17.1 Å². The van der Waals surface area contributed by atoms with E-state index < -0.39 is 0 Å². The van der Waals surface area contributed by atoms with Gasteiger partial charge in [0.1, 0.15) is 0 Å². The molecule has 2 heterocycles. The molecular formula is C50H34N2. The minimum atomic E-state index is 1.12. The second kappa shape index (κ2) is 12.5. The first kappa shape index (κ1) is 30.0. The number of benzene rings is 8. The van der Waals surface area contributed by atoms with Gasteiger partial charge in [-0.15, -0.1) is 0 Å². The van der Waals surface area contributed by atoms with E-state index in [-0.39, 0.29) is 0 Å². The Balaban J connectivity index is 1.11. The fraction of sp³-hybridized carbons (Fsp3) is 0. The van der Waals surface area contributed by atoms with Crippen LogP contribution in [0.4, 0.5) is 17.1 Å². The predicted octanol–water partition coefficient (Wildman–Crippen LogP) is 13.9. The summed E-state index contributed by atoms with van der Waals surface area (Å²) in [6.45, 7) is 0. The summed E-state index contributed by atoms with van der Waals surface area (Å²) in [7, 11) is 0. The van der Waals surface area contributed by atoms with Crippen molar-refractivity contribution in [2.45, 2.75) is 0 Å². The van der Waals surface area contributed by atoms with E-state index in [2.05, 4.69) is 216 Å². The summed E-state index contributed by atoms with van der Waals surface area (Å²) in [5.74, 6) is 0. The SMILES string of the molecule is c1ccc(-c2c3cccc(-c4ccc(-c5ccc(N(c6ccccc6)c6ccccc6)cc5)cc4)c3n3c4ccccc4c4ccccc4c23)cc1. The monoisotopic (exact) mass is 662 g/mol. The maximum Gasteiger partial charge on any atom is 0.0626 e. The third kappa shape index (κ3) is 4.88. The zero-order chi connectivity index (χ0) is 34.4. The Hall–Kier alpha value is -6.90. The number of hydrogen-bond acceptors (Lipinski definition) is 1. The van der Waals surface area contributed by atoms with Gasteiger partial charge in [-0.25, -0.2) is 0 Å². The molecule has 8 aromatic carbocycles. The standard InChI is InChI=1S/C50H34N2/c1-4-15-38(16-5-1)48-46-25-14-24-42(49(46)52-47-26-13-12-22-44(47)43-21-10-11-23-45(43)50(48)52)37-29-27-35(28-30-37)36-31-33-41(34-32-36)51(39-17-6-2-7-18-39)40-19-8-3-9-20-40/h1-34H. The minimum Gasteiger partial charge on any atom is -0.311 e. The summed E-state index contributed by atoms with van der Waals surface area (Å²) in [5, 5.41) is 5.05. The Kier molecular flexibility index (Phi) is 7.18. The lowest BCUT2D eigenvalue weighted by Crippen LogP contribution is -2.09. The molecule has 2 nitrogen and oxygen atoms in total. The van der Waals surface area contributed by atoms with E-state index >= 15 is 0 Å². The average molecular weight is 663 g/mol. The molecule has 52 heavy (non-hydrogen) atoms. The molecule has 0 unspecified atom stereocenters. The first-order valence-electron chi connectivity index (χ1n) is 17.9. The highest BCUT2D eigenvalue weighted by Gasteiger charge is 2.21. The number of nitrogens with zero attached hydrogens (tertiary/aromatic N) is 2. The lowest BCUT2D eigenvalue weighted by atomic mass is 9.96. The van der Waals surface area contributed by atoms with Crippen molar-refractivity contribution in [3.8, 4) is 33.4 Å². The molecule has 10 aromatic rings. The molecule has 0 atom stereocenters. The van der Waals surface area contributed by atoms with Crippen LogP contribution in [-0.4, -0.2) is 4.40 Å². The normalized spacial score (nSPS) is 11.5. The first-order valence-corrected chi connectivity index (χ1v) is 17.9. The van der Waals surface area contributed by atoms with Crippen LogP contribution in [0.2, 0.25) is 0 Å². The molecule has 0 aliphatic carbocycles. The minimum absolute atomic E-state index is 1.12. The van der Waals surface area contributed by atoms with Gasteiger partial charge in [-0.2, -0.15) is 0 Å². The average Bonchev–Trinajstić information content (AvgIpc) is 3.59. The van der Waals surface area contributed by atoms with Crippen molar-refractivity contribution in [3.05, 3.63) is 206 Å². The molecule has 0 saturated heterocycles. The summed E-state index contributed by atoms with van der Waals surface area (Å²) in [6.07, 6.45) is 0. The Morgan fingerprint density at radius 2 is 0.769 bits per heavy atom. The highest BCUT2D eigenvalue weighted by atomic mass is 15.1. The number of fused-ring (bicyclic) bond motifs is 8. The molecule has 0 saturated carbocycles. The molecular weight excluding hydrogens is 629 g/mol. The van der Waals surface area contributed by atoms with Crippen LogP contribution in [0, 0.1) is 0 Å². The number of hydrogen-bond donors (Lipinski definition) is 0. The number of rotatable bonds is 6. The second-order valence-corrected chi connectivity index (χ2v) is 13.3. The number of pyridine rings is 1. The summed E-state index contributed by atoms with van der Waals surface area (Å²) in [5.41, 5.74) is 14.4. The highest BCUT2D eigenvalue weighted by Crippen LogP contribution is 2.45. The van der Waals surface area contributed by atoms with E-state index in [4.69, 9.17) is 0 Å². The molecule has 2 aromatic heterocycles. The largest absolute Gasteiger partial charge is 0.311 e. The molecule has 0 N–H and O–H groups in total. The maximum absolute atomic E-state index is 2.52. The predicted molar refractivity (Wildman–Crippen MR) is 221 cm³/mol. The van der Waals surface area contributed by atoms with E-state index in [1.807, 2.05) is 0 Å². The fourth-order valence-corrected chi connectivity index (χ4v) is 8.03. The van der Waals surface area contributed by atoms with Crippen molar-refractivity contribution < 1.29 is 0 Å². The second-order valence-electron chi connectivity index (χ2n) is 13.3. The summed E-state index contributed by atoms with van der Waals surface area (Å²) < 4.78 is 2.52. The summed E-state index contributed by atoms with van der Waals surface area (Å²) >= 11 is 0. The van der Waals surface area contributed by atoms with Crippen LogP contribution in [0.3, 0.4) is 0 Å². The highest BCUT2D eigenvalue weighted by molar-refractivity contribution is 6.23. The van der Waals surface area contributed by atoms with Gasteiger partial charge in [0.25, 0.3) is 0 Å². The van der Waals surface area contributed by atoms with Crippen molar-refractivity contribution in [2.75, 3.05) is 4.90 Å². The van der Waals surface area contributed by atoms with E-state index in [0.29, 0.717) is 0 Å². The summed E-state index contributed by atoms with van der Waals surface area (Å²) in [4.78, 5) is 2.30. The van der Waals surface area contributed by atoms with Gasteiger partial charge in [0.15, 0.2) is 0 Å². The maximum atomic E-state index is 2.52. The molecule has 244 valence electrons. The van der Waals surface area contributed by atoms with Crippen molar-refractivity contribution >= 4 is 55.2 Å². The molecule has 0 bridgehead atoms. The van der Waals surface area contributed by atoms with Crippen molar-refractivity contribution in [3.63, 3.8) is 0 Å². The molecule has 10 rings (SSSR count). The van der Waals surface area contributed by atoms with Crippen molar-refractivity contribution in [1.82, 2.24) is 4.40 Å². The fourth-order valence-electron chi connectivity index (χ4n) is 8.03. The van der Waals surface area contributed by atoms with Crippen LogP contribution in [0.1, 0.15) is 0 Å². The van der Waals surface area contributed by atoms with Gasteiger partial charge in [0.2, 0.25) is 0 Å². The molecule has 2 heteroatoms. The van der Waals surface area contributed by atoms with Gasteiger partial charge in [0, 0.05) is 44.3 Å². The van der Waals surface area contributed by atoms with Crippen LogP contribution >= 0.6 is 0 Å². The van der Waals surface area contributed by atoms with Crippen LogP contribution in [-0.2, 0) is 0 Å². The first-order chi connectivity index (χ1) is 25.8. The lowest BCUT2D eigenvalue weighted by Gasteiger charge is -2.25. The van der Waals surface area contributed by atoms with E-state index in [1.54, 1.807) is 0 Å². The third-order valence-electron chi connectivity index (χ3n) is 10.4. The Morgan fingerprint density at radius 3 is 1.42 bits per heavy atom. The summed E-state index contributed by atoms with van der Waals surface area (Å²) in [6, 6.07) is 74.4. The van der Waals surface area contributed by atoms with Crippen LogP contribution < -0.4 is 4.90 Å². The van der Waals surface area contributed by atoms with E-state index in [9.17, 15) is 0 Å². The zero-order valence-electron chi connectivity index (χ0n) is 28.5. The quantitative estimate of drug-likeness (QED) is 0.161. The number of para-hydroxylation sites is 4. The molecule has 0 amide bonds. The van der Waals surface area contributed by atoms with Crippen LogP contribution in [0.15, 0.2) is 206 Å². The molecule has 0 aliphatic heterocycles. The van der Waals surface area contributed by atoms with Crippen LogP contribution in [0.5, 0.6) is 0 Å². The molecule has 0 spiro atoms. The Labute approximate surface area is 303 Å². The van der Waals surface area contributed by atoms with Crippen LogP contribution in [0.25, 0.3) is 71.5 Å². The van der Waals surface area contributed by atoms with Gasteiger partial charge in [0.05, 0.1) is 16.6 Å². The number of anilines is 3. The Bertz CT molecular complexity index is 2820. The van der Waals surface area contributed by atoms with Gasteiger partial charge in [-0.05, 0) is 70.1 Å². The lowest BCUT2D eigenvalue weighted by molar-refractivity contribution is 1.28. The molecule has 0 aliphatic rings. The third-order valence-corrected chi connectivity index (χ3v) is 10.4. The van der Waals surface area contributed by atoms with Crippen molar-refractivity contribution in [2.24, 2.45) is 0 Å². The van der Waals surface area contributed by atoms with Gasteiger partial charge in [-0.1, -0.05) is 164 Å². The zero-order valence-corrected chi connectivity index (χ0v) is 28.5. The van der Waals surface area contributed by atoms with E-state index in [1.165, 1.54) is 71.5 Å². The van der Waals surface area contributed by atoms with Gasteiger partial charge < -0.3 is 9.30 Å². The van der Waals surface area contributed by atoms with Gasteiger partial charge in [-0.3, -0.25) is 0 Å². The van der Waals surface area contributed by atoms with Crippen molar-refractivity contribution in [1.29, 1.82) is 0 Å². The number of aromatic nitrogens is 1. The Morgan fingerprint density at radius 1 is 0.288 bits per heavy atom. The smallest absolute Gasteiger partial charge is 0.0626 e. The molecule has 0 fully saturated rings. The molecule has 0 radical (unpaired) electrons.